The maximum Gasteiger partial charge on any atom is 0.292 e. The third-order valence-corrected chi connectivity index (χ3v) is 3.03. The summed E-state index contributed by atoms with van der Waals surface area (Å²) in [5, 5.41) is 0. The predicted octanol–water partition coefficient (Wildman–Crippen LogP) is 0.833. The summed E-state index contributed by atoms with van der Waals surface area (Å²) in [6.45, 7) is 8.99. The van der Waals surface area contributed by atoms with Crippen molar-refractivity contribution in [3.05, 3.63) is 28.7 Å². The van der Waals surface area contributed by atoms with E-state index in [1.54, 1.807) is 23.2 Å². The van der Waals surface area contributed by atoms with E-state index in [-0.39, 0.29) is 23.8 Å². The molecular weight excluding hydrogens is 270 g/mol. The average Bonchev–Trinajstić information content (AvgIpc) is 2.39. The summed E-state index contributed by atoms with van der Waals surface area (Å²) in [6.07, 6.45) is 1.66. The Balaban J connectivity index is 2.79. The van der Waals surface area contributed by atoms with E-state index in [0.717, 1.165) is 0 Å². The highest BCUT2D eigenvalue weighted by molar-refractivity contribution is 5.77. The molecule has 0 atom stereocenters. The van der Waals surface area contributed by atoms with Crippen LogP contribution in [-0.4, -0.2) is 40.6 Å². The molecular formula is C15H25N3O3. The highest BCUT2D eigenvalue weighted by Gasteiger charge is 2.15. The van der Waals surface area contributed by atoms with Crippen LogP contribution in [0.5, 0.6) is 5.75 Å². The summed E-state index contributed by atoms with van der Waals surface area (Å²) in [6, 6.07) is 3.28. The molecule has 0 bridgehead atoms. The lowest BCUT2D eigenvalue weighted by atomic mass is 10.1. The number of carbonyl (C=O) groups is 1. The van der Waals surface area contributed by atoms with Gasteiger partial charge in [0, 0.05) is 31.4 Å². The summed E-state index contributed by atoms with van der Waals surface area (Å²) in [5.41, 5.74) is 5.15. The summed E-state index contributed by atoms with van der Waals surface area (Å²) in [4.78, 5) is 25.8. The number of amides is 1. The number of pyridine rings is 1. The molecule has 2 N–H and O–H groups in total. The minimum Gasteiger partial charge on any atom is -0.478 e. The van der Waals surface area contributed by atoms with Crippen LogP contribution in [0.3, 0.4) is 0 Å². The molecule has 1 amide bonds. The molecule has 0 aromatic carbocycles. The van der Waals surface area contributed by atoms with Crippen molar-refractivity contribution >= 4 is 5.91 Å². The van der Waals surface area contributed by atoms with E-state index < -0.39 is 5.54 Å². The van der Waals surface area contributed by atoms with Crippen molar-refractivity contribution in [3.8, 4) is 5.75 Å². The lowest BCUT2D eigenvalue weighted by Crippen LogP contribution is -2.40. The van der Waals surface area contributed by atoms with E-state index in [0.29, 0.717) is 19.6 Å². The fourth-order valence-corrected chi connectivity index (χ4v) is 2.00. The molecule has 0 spiro atoms. The van der Waals surface area contributed by atoms with Crippen LogP contribution >= 0.6 is 0 Å². The average molecular weight is 295 g/mol. The van der Waals surface area contributed by atoms with Gasteiger partial charge >= 0.3 is 0 Å². The Labute approximate surface area is 125 Å². The van der Waals surface area contributed by atoms with Gasteiger partial charge in [-0.3, -0.25) is 9.59 Å². The molecule has 0 saturated carbocycles. The topological polar surface area (TPSA) is 77.6 Å². The zero-order valence-corrected chi connectivity index (χ0v) is 13.3. The largest absolute Gasteiger partial charge is 0.478 e. The minimum atomic E-state index is -0.501. The molecule has 6 nitrogen and oxygen atoms in total. The van der Waals surface area contributed by atoms with Gasteiger partial charge in [-0.05, 0) is 39.8 Å². The van der Waals surface area contributed by atoms with Gasteiger partial charge in [0.2, 0.25) is 0 Å². The van der Waals surface area contributed by atoms with Gasteiger partial charge in [0.25, 0.3) is 11.5 Å². The molecule has 1 aromatic heterocycles. The van der Waals surface area contributed by atoms with Crippen molar-refractivity contribution in [1.29, 1.82) is 0 Å². The Bertz CT molecular complexity index is 528. The molecule has 6 heteroatoms. The Hall–Kier alpha value is -1.82. The molecule has 0 aliphatic rings. The highest BCUT2D eigenvalue weighted by Crippen LogP contribution is 2.06. The maximum atomic E-state index is 12.2. The SMILES string of the molecule is CCN(CC)C(=O)COc1cccn(CC(C)(C)N)c1=O. The quantitative estimate of drug-likeness (QED) is 0.808. The first kappa shape index (κ1) is 17.2. The molecule has 0 aliphatic heterocycles. The zero-order valence-electron chi connectivity index (χ0n) is 13.3. The van der Waals surface area contributed by atoms with Gasteiger partial charge in [-0.15, -0.1) is 0 Å². The van der Waals surface area contributed by atoms with Crippen molar-refractivity contribution < 1.29 is 9.53 Å². The van der Waals surface area contributed by atoms with Crippen molar-refractivity contribution in [2.75, 3.05) is 19.7 Å². The molecule has 21 heavy (non-hydrogen) atoms. The second-order valence-electron chi connectivity index (χ2n) is 5.65. The number of rotatable bonds is 7. The summed E-state index contributed by atoms with van der Waals surface area (Å²) in [5.74, 6) is 0.0382. The molecule has 0 fully saturated rings. The minimum absolute atomic E-state index is 0.131. The first-order valence-electron chi connectivity index (χ1n) is 7.17. The number of ether oxygens (including phenoxy) is 1. The fraction of sp³-hybridized carbons (Fsp3) is 0.600. The predicted molar refractivity (Wildman–Crippen MR) is 82.4 cm³/mol. The van der Waals surface area contributed by atoms with Gasteiger partial charge in [-0.1, -0.05) is 0 Å². The van der Waals surface area contributed by atoms with Crippen LogP contribution in [-0.2, 0) is 11.3 Å². The van der Waals surface area contributed by atoms with Crippen LogP contribution in [0.2, 0.25) is 0 Å². The summed E-state index contributed by atoms with van der Waals surface area (Å²) in [7, 11) is 0. The van der Waals surface area contributed by atoms with Crippen molar-refractivity contribution in [3.63, 3.8) is 0 Å². The first-order valence-corrected chi connectivity index (χ1v) is 7.17. The van der Waals surface area contributed by atoms with Crippen LogP contribution in [0.25, 0.3) is 0 Å². The summed E-state index contributed by atoms with van der Waals surface area (Å²) >= 11 is 0. The van der Waals surface area contributed by atoms with Gasteiger partial charge in [0.1, 0.15) is 0 Å². The second kappa shape index (κ2) is 7.26. The Morgan fingerprint density at radius 2 is 2.00 bits per heavy atom. The smallest absolute Gasteiger partial charge is 0.292 e. The van der Waals surface area contributed by atoms with Gasteiger partial charge < -0.3 is 19.9 Å². The van der Waals surface area contributed by atoms with Crippen molar-refractivity contribution in [2.45, 2.75) is 39.8 Å². The Morgan fingerprint density at radius 1 is 1.38 bits per heavy atom. The third-order valence-electron chi connectivity index (χ3n) is 3.03. The normalized spacial score (nSPS) is 11.3. The van der Waals surface area contributed by atoms with Gasteiger partial charge in [-0.25, -0.2) is 0 Å². The van der Waals surface area contributed by atoms with E-state index in [1.807, 2.05) is 27.7 Å². The lowest BCUT2D eigenvalue weighted by molar-refractivity contribution is -0.133. The number of hydrogen-bond acceptors (Lipinski definition) is 4. The van der Waals surface area contributed by atoms with E-state index in [2.05, 4.69) is 0 Å². The molecule has 0 aliphatic carbocycles. The van der Waals surface area contributed by atoms with Crippen LogP contribution in [0.1, 0.15) is 27.7 Å². The highest BCUT2D eigenvalue weighted by atomic mass is 16.5. The Kier molecular flexibility index (Phi) is 5.96. The van der Waals surface area contributed by atoms with Crippen LogP contribution in [0.4, 0.5) is 0 Å². The van der Waals surface area contributed by atoms with Crippen LogP contribution < -0.4 is 16.0 Å². The number of aromatic nitrogens is 1. The van der Waals surface area contributed by atoms with Crippen LogP contribution in [0, 0.1) is 0 Å². The summed E-state index contributed by atoms with van der Waals surface area (Å²) < 4.78 is 6.87. The lowest BCUT2D eigenvalue weighted by Gasteiger charge is -2.21. The zero-order chi connectivity index (χ0) is 16.0. The number of carbonyl (C=O) groups excluding carboxylic acids is 1. The van der Waals surface area contributed by atoms with E-state index in [4.69, 9.17) is 10.5 Å². The van der Waals surface area contributed by atoms with Gasteiger partial charge in [0.05, 0.1) is 0 Å². The van der Waals surface area contributed by atoms with E-state index >= 15 is 0 Å². The van der Waals surface area contributed by atoms with Gasteiger partial charge in [-0.2, -0.15) is 0 Å². The monoisotopic (exact) mass is 295 g/mol. The number of hydrogen-bond donors (Lipinski definition) is 1. The second-order valence-corrected chi connectivity index (χ2v) is 5.65. The number of nitrogens with zero attached hydrogens (tertiary/aromatic N) is 2. The standard InChI is InChI=1S/C15H25N3O3/c1-5-17(6-2)13(19)10-21-12-8-7-9-18(14(12)20)11-15(3,4)16/h7-9H,5-6,10-11,16H2,1-4H3. The molecule has 1 heterocycles. The van der Waals surface area contributed by atoms with E-state index in [1.165, 1.54) is 4.57 Å². The molecule has 0 unspecified atom stereocenters. The first-order chi connectivity index (χ1) is 9.78. The van der Waals surface area contributed by atoms with Gasteiger partial charge in [0.15, 0.2) is 12.4 Å². The molecule has 0 saturated heterocycles. The molecule has 118 valence electrons. The molecule has 1 aromatic rings. The molecule has 0 radical (unpaired) electrons. The van der Waals surface area contributed by atoms with Crippen molar-refractivity contribution in [2.24, 2.45) is 5.73 Å². The fourth-order valence-electron chi connectivity index (χ4n) is 2.00. The van der Waals surface area contributed by atoms with E-state index in [9.17, 15) is 9.59 Å². The number of likely N-dealkylation sites (N-methyl/N-ethyl adjacent to an activating group) is 1. The third kappa shape index (κ3) is 5.23. The number of nitrogens with two attached hydrogens (primary N) is 1. The Morgan fingerprint density at radius 3 is 2.52 bits per heavy atom. The van der Waals surface area contributed by atoms with Crippen LogP contribution in [0.15, 0.2) is 23.1 Å². The maximum absolute atomic E-state index is 12.2. The molecule has 1 rings (SSSR count). The van der Waals surface area contributed by atoms with Crippen molar-refractivity contribution in [1.82, 2.24) is 9.47 Å².